The van der Waals surface area contributed by atoms with E-state index in [1.807, 2.05) is 0 Å². The second kappa shape index (κ2) is 14.9. The number of rotatable bonds is 11. The molecule has 3 heterocycles. The maximum absolute atomic E-state index is 12.9. The molecular weight excluding hydrogens is 700 g/mol. The highest BCUT2D eigenvalue weighted by Crippen LogP contribution is 2.46. The number of aliphatic hydroxyl groups is 7. The fourth-order valence-electron chi connectivity index (χ4n) is 5.38. The van der Waals surface area contributed by atoms with Crippen LogP contribution in [-0.2, 0) is 28.6 Å². The molecule has 276 valence electrons. The summed E-state index contributed by atoms with van der Waals surface area (Å²) in [6, 6.07) is 5.63. The zero-order valence-electron chi connectivity index (χ0n) is 26.0. The zero-order valence-corrected chi connectivity index (χ0v) is 26.8. The normalized spacial score (nSPS) is 31.2. The first-order valence-corrected chi connectivity index (χ1v) is 16.0. The minimum atomic E-state index is -5.30. The predicted octanol–water partition coefficient (Wildman–Crippen LogP) is -2.47. The molecule has 0 amide bonds. The van der Waals surface area contributed by atoms with E-state index in [1.54, 1.807) is 0 Å². The maximum atomic E-state index is 12.9. The minimum absolute atomic E-state index is 0.0805. The van der Waals surface area contributed by atoms with Crippen LogP contribution in [0.3, 0.4) is 0 Å². The number of benzene rings is 2. The third-order valence-electron chi connectivity index (χ3n) is 7.92. The summed E-state index contributed by atoms with van der Waals surface area (Å²) in [6.45, 7) is -1.69. The topological polar surface area (TPSA) is 317 Å². The highest BCUT2D eigenvalue weighted by Gasteiger charge is 2.51. The lowest BCUT2D eigenvalue weighted by atomic mass is 9.99. The molecule has 50 heavy (non-hydrogen) atoms. The molecule has 3 aliphatic heterocycles. The van der Waals surface area contributed by atoms with Crippen LogP contribution in [0.1, 0.15) is 0 Å². The summed E-state index contributed by atoms with van der Waals surface area (Å²) in [5, 5.41) is 82.0. The number of phenols is 1. The van der Waals surface area contributed by atoms with Gasteiger partial charge in [-0.15, -0.1) is 4.18 Å². The Morgan fingerprint density at radius 2 is 1.32 bits per heavy atom. The Hall–Kier alpha value is -3.68. The molecule has 21 heteroatoms. The first-order valence-electron chi connectivity index (χ1n) is 14.6. The summed E-state index contributed by atoms with van der Waals surface area (Å²) >= 11 is 0. The van der Waals surface area contributed by atoms with Crippen LogP contribution in [0, 0.1) is 0 Å². The van der Waals surface area contributed by atoms with Crippen molar-refractivity contribution in [2.45, 2.75) is 61.4 Å². The van der Waals surface area contributed by atoms with Crippen LogP contribution in [0.4, 0.5) is 0 Å². The molecule has 1 aromatic carbocycles. The minimum Gasteiger partial charge on any atom is -0.556 e. The molecule has 5 rings (SSSR count). The standard InChI is InChI=1S/C29H34O20S/c1-42-15-3-10(4-16(43-2)20(15)33)26-17(46-28-25(38)23(36)21(34)18(8-30)47-28)7-12-13(44-26)5-11(32)6-14(12)45-29-27(49-50(39,40)41)24(37)22(35)19(9-31)48-29/h3-7,18-19,21-25,27-31,34-38H,8-9H2,1-2H3,(H2-,32,33,39,40,41)/t18-,19+,21-,22-,23-,24+,25-,27-,28-,29-/m1/s1. The highest BCUT2D eigenvalue weighted by molar-refractivity contribution is 7.87. The van der Waals surface area contributed by atoms with Gasteiger partial charge in [-0.05, 0) is 22.4 Å². The van der Waals surface area contributed by atoms with Gasteiger partial charge in [-0.2, -0.15) is 4.55 Å². The molecule has 1 aromatic rings. The average molecular weight is 735 g/mol. The third-order valence-corrected chi connectivity index (χ3v) is 8.39. The summed E-state index contributed by atoms with van der Waals surface area (Å²) in [5.74, 6) is -1.85. The molecule has 0 radical (unpaired) electrons. The van der Waals surface area contributed by atoms with Gasteiger partial charge in [0, 0.05) is 17.7 Å². The van der Waals surface area contributed by atoms with Gasteiger partial charge in [0.05, 0.1) is 33.0 Å². The number of hydrogen-bond acceptors (Lipinski definition) is 19. The first kappa shape index (κ1) is 37.6. The second-order valence-electron chi connectivity index (χ2n) is 11.1. The number of fused-ring (bicyclic) bond motifs is 1. The van der Waals surface area contributed by atoms with E-state index in [9.17, 15) is 59.0 Å². The van der Waals surface area contributed by atoms with Crippen molar-refractivity contribution in [1.82, 2.24) is 0 Å². The van der Waals surface area contributed by atoms with Crippen molar-refractivity contribution in [3.05, 3.63) is 40.6 Å². The molecule has 1 unspecified atom stereocenters. The molecule has 0 aromatic heterocycles. The molecule has 0 bridgehead atoms. The van der Waals surface area contributed by atoms with Gasteiger partial charge < -0.3 is 78.2 Å². The molecule has 0 saturated carbocycles. The van der Waals surface area contributed by atoms with E-state index in [4.69, 9.17) is 32.8 Å². The molecule has 11 atom stereocenters. The number of aromatic hydroxyl groups is 1. The lowest BCUT2D eigenvalue weighted by Gasteiger charge is -2.40. The Morgan fingerprint density at radius 3 is 1.88 bits per heavy atom. The summed E-state index contributed by atoms with van der Waals surface area (Å²) in [4.78, 5) is 12.9. The molecule has 1 aliphatic carbocycles. The molecule has 2 fully saturated rings. The molecular formula is C29H34O20S. The zero-order chi connectivity index (χ0) is 36.7. The van der Waals surface area contributed by atoms with E-state index in [0.717, 1.165) is 12.1 Å². The Morgan fingerprint density at radius 1 is 0.760 bits per heavy atom. The van der Waals surface area contributed by atoms with Crippen molar-refractivity contribution in [2.75, 3.05) is 27.4 Å². The molecule has 20 nitrogen and oxygen atoms in total. The lowest BCUT2D eigenvalue weighted by molar-refractivity contribution is -0.277. The quantitative estimate of drug-likeness (QED) is 0.0922. The Kier molecular flexibility index (Phi) is 11.2. The van der Waals surface area contributed by atoms with Crippen LogP contribution in [0.15, 0.2) is 39.5 Å². The number of methoxy groups -OCH3 is 2. The van der Waals surface area contributed by atoms with Gasteiger partial charge in [-0.1, -0.05) is 0 Å². The molecule has 0 spiro atoms. The summed E-state index contributed by atoms with van der Waals surface area (Å²) in [5.41, 5.74) is -0.814. The Balaban J connectivity index is 1.67. The van der Waals surface area contributed by atoms with Crippen LogP contribution in [0.5, 0.6) is 28.7 Å². The number of ether oxygens (including phenoxy) is 6. The van der Waals surface area contributed by atoms with E-state index in [2.05, 4.69) is 4.18 Å². The van der Waals surface area contributed by atoms with Crippen molar-refractivity contribution < 1.29 is 91.2 Å². The third kappa shape index (κ3) is 7.50. The van der Waals surface area contributed by atoms with E-state index < -0.39 is 102 Å². The number of hydrogen-bond donors (Lipinski definition) is 9. The average Bonchev–Trinajstić information content (AvgIpc) is 3.07. The van der Waals surface area contributed by atoms with Crippen molar-refractivity contribution in [3.8, 4) is 51.4 Å². The van der Waals surface area contributed by atoms with Crippen molar-refractivity contribution >= 4 is 10.8 Å². The van der Waals surface area contributed by atoms with Crippen LogP contribution < -0.4 is 24.4 Å². The molecule has 4 aliphatic rings. The van der Waals surface area contributed by atoms with E-state index in [-0.39, 0.29) is 39.9 Å². The predicted molar refractivity (Wildman–Crippen MR) is 161 cm³/mol. The van der Waals surface area contributed by atoms with Crippen LogP contribution in [0.2, 0.25) is 0 Å². The second-order valence-corrected chi connectivity index (χ2v) is 12.2. The summed E-state index contributed by atoms with van der Waals surface area (Å²) in [7, 11) is -2.80. The summed E-state index contributed by atoms with van der Waals surface area (Å²) < 4.78 is 76.0. The SMILES string of the molecule is COc1cc(-c2oc3cc(=O)cc(O[C@@H]4O[C@@H](CO)[C@@H](O)[C@H](O)[C@H]4O[S+](=O)([O-])O)c-3cc2O[C@@H]2O[C@H](CO)[C@@H](O)[C@@H](O)[C@H]2O)cc(OC)c1O. The maximum Gasteiger partial charge on any atom is 0.334 e. The van der Waals surface area contributed by atoms with Gasteiger partial charge in [-0.25, -0.2) is 0 Å². The lowest BCUT2D eigenvalue weighted by Crippen LogP contribution is -2.61. The Labute approximate surface area is 282 Å². The van der Waals surface area contributed by atoms with Gasteiger partial charge in [-0.3, -0.25) is 4.79 Å². The van der Waals surface area contributed by atoms with E-state index in [1.165, 1.54) is 32.4 Å². The van der Waals surface area contributed by atoms with Gasteiger partial charge >= 0.3 is 10.8 Å². The van der Waals surface area contributed by atoms with Gasteiger partial charge in [0.2, 0.25) is 24.4 Å². The molecule has 9 N–H and O–H groups in total. The Bertz CT molecular complexity index is 1700. The fraction of sp³-hybridized carbons (Fsp3) is 0.483. The van der Waals surface area contributed by atoms with Crippen LogP contribution >= 0.6 is 0 Å². The largest absolute Gasteiger partial charge is 0.556 e. The fourth-order valence-corrected chi connectivity index (χ4v) is 5.87. The van der Waals surface area contributed by atoms with E-state index >= 15 is 0 Å². The number of aliphatic hydroxyl groups excluding tert-OH is 7. The number of phenolic OH excluding ortho intramolecular Hbond substituents is 1. The molecule has 2 saturated heterocycles. The van der Waals surface area contributed by atoms with Crippen molar-refractivity contribution in [2.24, 2.45) is 0 Å². The van der Waals surface area contributed by atoms with Crippen LogP contribution in [-0.4, -0.2) is 139 Å². The van der Waals surface area contributed by atoms with Gasteiger partial charge in [0.1, 0.15) is 54.2 Å². The van der Waals surface area contributed by atoms with Crippen LogP contribution in [0.25, 0.3) is 22.6 Å². The summed E-state index contributed by atoms with van der Waals surface area (Å²) in [6.07, 6.45) is -18.4. The highest BCUT2D eigenvalue weighted by atomic mass is 32.3. The van der Waals surface area contributed by atoms with E-state index in [0.29, 0.717) is 0 Å². The van der Waals surface area contributed by atoms with Gasteiger partial charge in [0.15, 0.2) is 28.4 Å². The van der Waals surface area contributed by atoms with Crippen molar-refractivity contribution in [3.63, 3.8) is 0 Å². The first-order chi connectivity index (χ1) is 23.6. The van der Waals surface area contributed by atoms with Crippen molar-refractivity contribution in [1.29, 1.82) is 0 Å². The van der Waals surface area contributed by atoms with Gasteiger partial charge in [0.25, 0.3) is 0 Å². The monoisotopic (exact) mass is 734 g/mol. The smallest absolute Gasteiger partial charge is 0.334 e.